The molecule has 3 aromatic heterocycles. The van der Waals surface area contributed by atoms with Crippen LogP contribution in [0, 0.1) is 0 Å². The molecule has 0 atom stereocenters. The fourth-order valence-corrected chi connectivity index (χ4v) is 2.87. The summed E-state index contributed by atoms with van der Waals surface area (Å²) in [4.78, 5) is 4.31. The Hall–Kier alpha value is -3.30. The maximum absolute atomic E-state index is 12.7. The summed E-state index contributed by atoms with van der Waals surface area (Å²) in [5.41, 5.74) is 3.39. The monoisotopic (exact) mass is 359 g/mol. The molecule has 0 spiro atoms. The van der Waals surface area contributed by atoms with E-state index in [9.17, 15) is 8.78 Å². The third kappa shape index (κ3) is 2.59. The average Bonchev–Trinajstić information content (AvgIpc) is 3.24. The van der Waals surface area contributed by atoms with Crippen LogP contribution in [0.5, 0.6) is 5.88 Å². The molecule has 4 aromatic rings. The molecule has 0 amide bonds. The van der Waals surface area contributed by atoms with Gasteiger partial charge in [0.2, 0.25) is 11.8 Å². The molecule has 0 saturated heterocycles. The largest absolute Gasteiger partial charge is 0.479 e. The Morgan fingerprint density at radius 3 is 2.85 bits per heavy atom. The van der Waals surface area contributed by atoms with Crippen LogP contribution in [0.2, 0.25) is 0 Å². The summed E-state index contributed by atoms with van der Waals surface area (Å²) in [5.74, 6) is 0.829. The molecule has 4 rings (SSSR count). The Bertz CT molecular complexity index is 1090. The number of anilines is 1. The van der Waals surface area contributed by atoms with Crippen molar-refractivity contribution in [2.75, 3.05) is 19.5 Å². The van der Waals surface area contributed by atoms with Crippen LogP contribution in [0.25, 0.3) is 27.7 Å². The number of hydrogen-bond acceptors (Lipinski definition) is 6. The van der Waals surface area contributed by atoms with Gasteiger partial charge < -0.3 is 10.1 Å². The van der Waals surface area contributed by atoms with Crippen molar-refractivity contribution in [3.05, 3.63) is 30.5 Å². The van der Waals surface area contributed by atoms with Crippen LogP contribution in [0.3, 0.4) is 0 Å². The molecule has 0 aliphatic carbocycles. The molecule has 0 radical (unpaired) electrons. The minimum atomic E-state index is -2.51. The molecule has 0 aliphatic rings. The van der Waals surface area contributed by atoms with E-state index in [1.165, 1.54) is 11.8 Å². The first-order valence-electron chi connectivity index (χ1n) is 7.83. The van der Waals surface area contributed by atoms with Crippen LogP contribution >= 0.6 is 0 Å². The number of alkyl halides is 2. The molecule has 10 heteroatoms. The molecule has 26 heavy (non-hydrogen) atoms. The Kier molecular flexibility index (Phi) is 3.86. The second kappa shape index (κ2) is 6.21. The SMILES string of the molecule is CNc1nc(OC)c2c(-c3ccc4nnn(CC(F)F)c4c3)ccn2n1. The Labute approximate surface area is 146 Å². The average molecular weight is 359 g/mol. The number of nitrogens with one attached hydrogen (secondary N) is 1. The van der Waals surface area contributed by atoms with Gasteiger partial charge in [-0.05, 0) is 23.8 Å². The predicted octanol–water partition coefficient (Wildman–Crippen LogP) is 2.46. The Balaban J connectivity index is 1.89. The second-order valence-corrected chi connectivity index (χ2v) is 5.58. The standard InChI is InChI=1S/C16H15F2N7O/c1-19-16-20-15(26-2)14-10(5-6-24(14)22-16)9-3-4-11-12(7-9)25(23-21-11)8-13(17)18/h3-7,13H,8H2,1-2H3,(H,19,22). The topological polar surface area (TPSA) is 82.2 Å². The molecule has 0 bridgehead atoms. The van der Waals surface area contributed by atoms with E-state index in [-0.39, 0.29) is 0 Å². The summed E-state index contributed by atoms with van der Waals surface area (Å²) < 4.78 is 33.8. The van der Waals surface area contributed by atoms with Gasteiger partial charge in [0.1, 0.15) is 17.6 Å². The highest BCUT2D eigenvalue weighted by molar-refractivity contribution is 5.89. The van der Waals surface area contributed by atoms with E-state index in [2.05, 4.69) is 25.7 Å². The third-order valence-electron chi connectivity index (χ3n) is 4.03. The fourth-order valence-electron chi connectivity index (χ4n) is 2.87. The lowest BCUT2D eigenvalue weighted by atomic mass is 10.1. The number of halogens is 2. The van der Waals surface area contributed by atoms with Gasteiger partial charge in [0.25, 0.3) is 6.43 Å². The number of methoxy groups -OCH3 is 1. The first kappa shape index (κ1) is 16.2. The van der Waals surface area contributed by atoms with E-state index < -0.39 is 13.0 Å². The summed E-state index contributed by atoms with van der Waals surface area (Å²) in [6, 6.07) is 7.25. The molecule has 1 aromatic carbocycles. The van der Waals surface area contributed by atoms with Crippen molar-refractivity contribution >= 4 is 22.5 Å². The first-order valence-corrected chi connectivity index (χ1v) is 7.83. The molecule has 1 N–H and O–H groups in total. The second-order valence-electron chi connectivity index (χ2n) is 5.58. The van der Waals surface area contributed by atoms with E-state index in [0.29, 0.717) is 28.4 Å². The maximum Gasteiger partial charge on any atom is 0.258 e. The highest BCUT2D eigenvalue weighted by Gasteiger charge is 2.16. The smallest absolute Gasteiger partial charge is 0.258 e. The summed E-state index contributed by atoms with van der Waals surface area (Å²) in [6.45, 7) is -0.506. The van der Waals surface area contributed by atoms with Crippen molar-refractivity contribution < 1.29 is 13.5 Å². The van der Waals surface area contributed by atoms with Crippen LogP contribution in [0.1, 0.15) is 0 Å². The Morgan fingerprint density at radius 2 is 2.12 bits per heavy atom. The van der Waals surface area contributed by atoms with Crippen molar-refractivity contribution in [1.82, 2.24) is 29.6 Å². The summed E-state index contributed by atoms with van der Waals surface area (Å²) in [5, 5.41) is 14.9. The molecule has 134 valence electrons. The zero-order valence-corrected chi connectivity index (χ0v) is 14.0. The minimum Gasteiger partial charge on any atom is -0.479 e. The molecule has 8 nitrogen and oxygen atoms in total. The summed E-state index contributed by atoms with van der Waals surface area (Å²) in [6.07, 6.45) is -0.721. The zero-order valence-electron chi connectivity index (χ0n) is 14.0. The van der Waals surface area contributed by atoms with Gasteiger partial charge in [-0.15, -0.1) is 10.2 Å². The maximum atomic E-state index is 12.7. The van der Waals surface area contributed by atoms with Crippen molar-refractivity contribution in [3.63, 3.8) is 0 Å². The van der Waals surface area contributed by atoms with E-state index in [1.807, 2.05) is 12.1 Å². The molecular weight excluding hydrogens is 344 g/mol. The van der Waals surface area contributed by atoms with Gasteiger partial charge in [-0.25, -0.2) is 18.0 Å². The highest BCUT2D eigenvalue weighted by Crippen LogP contribution is 2.32. The van der Waals surface area contributed by atoms with Gasteiger partial charge in [-0.2, -0.15) is 4.98 Å². The van der Waals surface area contributed by atoms with Crippen LogP contribution in [-0.4, -0.2) is 50.2 Å². The molecule has 0 fully saturated rings. The quantitative estimate of drug-likeness (QED) is 0.589. The normalized spacial score (nSPS) is 11.6. The Morgan fingerprint density at radius 1 is 1.27 bits per heavy atom. The fraction of sp³-hybridized carbons (Fsp3) is 0.250. The van der Waals surface area contributed by atoms with Gasteiger partial charge in [-0.1, -0.05) is 11.3 Å². The molecule has 3 heterocycles. The number of nitrogens with zero attached hydrogens (tertiary/aromatic N) is 6. The van der Waals surface area contributed by atoms with E-state index in [1.54, 1.807) is 29.9 Å². The van der Waals surface area contributed by atoms with E-state index in [0.717, 1.165) is 11.1 Å². The van der Waals surface area contributed by atoms with Gasteiger partial charge in [0.15, 0.2) is 0 Å². The number of benzene rings is 1. The molecule has 0 aliphatic heterocycles. The van der Waals surface area contributed by atoms with Crippen molar-refractivity contribution in [2.24, 2.45) is 0 Å². The third-order valence-corrected chi connectivity index (χ3v) is 4.03. The van der Waals surface area contributed by atoms with Gasteiger partial charge in [-0.3, -0.25) is 0 Å². The van der Waals surface area contributed by atoms with Gasteiger partial charge >= 0.3 is 0 Å². The van der Waals surface area contributed by atoms with E-state index in [4.69, 9.17) is 4.74 Å². The number of hydrogen-bond donors (Lipinski definition) is 1. The number of rotatable bonds is 5. The minimum absolute atomic E-state index is 0.406. The van der Waals surface area contributed by atoms with Gasteiger partial charge in [0, 0.05) is 18.8 Å². The number of ether oxygens (including phenoxy) is 1. The first-order chi connectivity index (χ1) is 12.6. The van der Waals surface area contributed by atoms with E-state index >= 15 is 0 Å². The van der Waals surface area contributed by atoms with Crippen LogP contribution in [0.15, 0.2) is 30.5 Å². The summed E-state index contributed by atoms with van der Waals surface area (Å²) in [7, 11) is 3.25. The number of fused-ring (bicyclic) bond motifs is 2. The highest BCUT2D eigenvalue weighted by atomic mass is 19.3. The molecular formula is C16H15F2N7O. The lowest BCUT2D eigenvalue weighted by Crippen LogP contribution is -2.08. The van der Waals surface area contributed by atoms with Crippen molar-refractivity contribution in [2.45, 2.75) is 13.0 Å². The zero-order chi connectivity index (χ0) is 18.3. The van der Waals surface area contributed by atoms with Crippen molar-refractivity contribution in [3.8, 4) is 17.0 Å². The molecule has 0 saturated carbocycles. The summed E-state index contributed by atoms with van der Waals surface area (Å²) >= 11 is 0. The lowest BCUT2D eigenvalue weighted by molar-refractivity contribution is 0.122. The lowest BCUT2D eigenvalue weighted by Gasteiger charge is -2.08. The van der Waals surface area contributed by atoms with Gasteiger partial charge in [0.05, 0.1) is 12.6 Å². The van der Waals surface area contributed by atoms with Crippen molar-refractivity contribution in [1.29, 1.82) is 0 Å². The number of aromatic nitrogens is 6. The predicted molar refractivity (Wildman–Crippen MR) is 91.6 cm³/mol. The van der Waals surface area contributed by atoms with Crippen LogP contribution in [0.4, 0.5) is 14.7 Å². The van der Waals surface area contributed by atoms with Crippen LogP contribution < -0.4 is 10.1 Å². The van der Waals surface area contributed by atoms with Crippen LogP contribution in [-0.2, 0) is 6.54 Å². The molecule has 0 unspecified atom stereocenters.